The van der Waals surface area contributed by atoms with Crippen molar-refractivity contribution in [3.63, 3.8) is 0 Å². The average molecular weight is 331 g/mol. The monoisotopic (exact) mass is 331 g/mol. The van der Waals surface area contributed by atoms with Crippen molar-refractivity contribution in [1.82, 2.24) is 14.2 Å². The second-order valence-corrected chi connectivity index (χ2v) is 6.88. The van der Waals surface area contributed by atoms with Crippen LogP contribution in [0.3, 0.4) is 0 Å². The SMILES string of the molecule is COCCNC(=O)c1cc(S(=O)(=O)N2CCOCC2)cn1C. The van der Waals surface area contributed by atoms with Crippen molar-refractivity contribution in [3.05, 3.63) is 18.0 Å². The van der Waals surface area contributed by atoms with Gasteiger partial charge in [0.05, 0.1) is 19.8 Å². The second kappa shape index (κ2) is 7.23. The molecule has 1 aliphatic rings. The molecule has 2 rings (SSSR count). The molecule has 8 nitrogen and oxygen atoms in total. The summed E-state index contributed by atoms with van der Waals surface area (Å²) < 4.78 is 38.0. The molecule has 1 aliphatic heterocycles. The minimum Gasteiger partial charge on any atom is -0.383 e. The van der Waals surface area contributed by atoms with Gasteiger partial charge in [-0.05, 0) is 6.07 Å². The third kappa shape index (κ3) is 3.67. The number of rotatable bonds is 6. The van der Waals surface area contributed by atoms with Gasteiger partial charge in [0.25, 0.3) is 5.91 Å². The van der Waals surface area contributed by atoms with Crippen molar-refractivity contribution in [2.45, 2.75) is 4.90 Å². The normalized spacial score (nSPS) is 16.6. The summed E-state index contributed by atoms with van der Waals surface area (Å²) in [6.07, 6.45) is 1.45. The topological polar surface area (TPSA) is 89.9 Å². The summed E-state index contributed by atoms with van der Waals surface area (Å²) in [5, 5.41) is 2.67. The summed E-state index contributed by atoms with van der Waals surface area (Å²) in [5.74, 6) is -0.331. The smallest absolute Gasteiger partial charge is 0.268 e. The van der Waals surface area contributed by atoms with Crippen molar-refractivity contribution < 1.29 is 22.7 Å². The molecule has 1 fully saturated rings. The van der Waals surface area contributed by atoms with Gasteiger partial charge in [-0.25, -0.2) is 8.42 Å². The molecule has 0 aromatic carbocycles. The van der Waals surface area contributed by atoms with Gasteiger partial charge < -0.3 is 19.4 Å². The first kappa shape index (κ1) is 16.9. The molecule has 1 aromatic heterocycles. The highest BCUT2D eigenvalue weighted by atomic mass is 32.2. The van der Waals surface area contributed by atoms with Crippen molar-refractivity contribution in [1.29, 1.82) is 0 Å². The van der Waals surface area contributed by atoms with E-state index < -0.39 is 10.0 Å². The van der Waals surface area contributed by atoms with Crippen molar-refractivity contribution >= 4 is 15.9 Å². The molecule has 9 heteroatoms. The Hall–Kier alpha value is -1.42. The number of hydrogen-bond donors (Lipinski definition) is 1. The van der Waals surface area contributed by atoms with E-state index in [1.54, 1.807) is 14.2 Å². The summed E-state index contributed by atoms with van der Waals surface area (Å²) in [5.41, 5.74) is 0.294. The lowest BCUT2D eigenvalue weighted by atomic mass is 10.4. The molecular weight excluding hydrogens is 310 g/mol. The van der Waals surface area contributed by atoms with Crippen molar-refractivity contribution in [2.75, 3.05) is 46.6 Å². The molecule has 0 atom stereocenters. The zero-order valence-electron chi connectivity index (χ0n) is 12.7. The molecular formula is C13H21N3O5S. The molecule has 1 aromatic rings. The van der Waals surface area contributed by atoms with E-state index in [1.165, 1.54) is 21.1 Å². The summed E-state index contributed by atoms with van der Waals surface area (Å²) in [6, 6.07) is 1.40. The van der Waals surface area contributed by atoms with Crippen molar-refractivity contribution in [3.8, 4) is 0 Å². The number of aryl methyl sites for hydroxylation is 1. The van der Waals surface area contributed by atoms with Crippen LogP contribution >= 0.6 is 0 Å². The first-order valence-electron chi connectivity index (χ1n) is 6.98. The van der Waals surface area contributed by atoms with E-state index in [1.807, 2.05) is 0 Å². The van der Waals surface area contributed by atoms with Gasteiger partial charge in [-0.1, -0.05) is 0 Å². The number of morpholine rings is 1. The Bertz CT molecular complexity index is 620. The van der Waals surface area contributed by atoms with Crippen LogP contribution in [0.25, 0.3) is 0 Å². The van der Waals surface area contributed by atoms with Gasteiger partial charge in [-0.15, -0.1) is 0 Å². The largest absolute Gasteiger partial charge is 0.383 e. The predicted molar refractivity (Wildman–Crippen MR) is 79.2 cm³/mol. The Kier molecular flexibility index (Phi) is 5.57. The van der Waals surface area contributed by atoms with Crippen molar-refractivity contribution in [2.24, 2.45) is 7.05 Å². The number of amides is 1. The van der Waals surface area contributed by atoms with E-state index in [4.69, 9.17) is 9.47 Å². The van der Waals surface area contributed by atoms with Gasteiger partial charge in [-0.2, -0.15) is 4.31 Å². The van der Waals surface area contributed by atoms with Crippen LogP contribution in [0, 0.1) is 0 Å². The van der Waals surface area contributed by atoms with E-state index in [0.717, 1.165) is 0 Å². The van der Waals surface area contributed by atoms with Crippen LogP contribution in [0.4, 0.5) is 0 Å². The molecule has 124 valence electrons. The summed E-state index contributed by atoms with van der Waals surface area (Å²) in [6.45, 7) is 2.19. The van der Waals surface area contributed by atoms with Crippen LogP contribution in [0.2, 0.25) is 0 Å². The standard InChI is InChI=1S/C13H21N3O5S/c1-15-10-11(9-12(15)13(17)14-3-6-20-2)22(18,19)16-4-7-21-8-5-16/h9-10H,3-8H2,1-2H3,(H,14,17). The first-order chi connectivity index (χ1) is 10.5. The highest BCUT2D eigenvalue weighted by molar-refractivity contribution is 7.89. The summed E-state index contributed by atoms with van der Waals surface area (Å²) in [4.78, 5) is 12.2. The van der Waals surface area contributed by atoms with E-state index >= 15 is 0 Å². The summed E-state index contributed by atoms with van der Waals surface area (Å²) >= 11 is 0. The third-order valence-electron chi connectivity index (χ3n) is 3.41. The number of nitrogens with zero attached hydrogens (tertiary/aromatic N) is 2. The van der Waals surface area contributed by atoms with Crippen LogP contribution in [0.5, 0.6) is 0 Å². The zero-order valence-corrected chi connectivity index (χ0v) is 13.6. The molecule has 0 aliphatic carbocycles. The molecule has 0 bridgehead atoms. The zero-order chi connectivity index (χ0) is 16.2. The third-order valence-corrected chi connectivity index (χ3v) is 5.28. The molecule has 1 N–H and O–H groups in total. The first-order valence-corrected chi connectivity index (χ1v) is 8.42. The Morgan fingerprint density at radius 1 is 1.41 bits per heavy atom. The van der Waals surface area contributed by atoms with E-state index in [9.17, 15) is 13.2 Å². The molecule has 1 amide bonds. The van der Waals surface area contributed by atoms with Crippen LogP contribution in [0.15, 0.2) is 17.2 Å². The number of ether oxygens (including phenoxy) is 2. The van der Waals surface area contributed by atoms with E-state index in [0.29, 0.717) is 45.1 Å². The van der Waals surface area contributed by atoms with Crippen LogP contribution in [0.1, 0.15) is 10.5 Å². The Balaban J connectivity index is 2.16. The quantitative estimate of drug-likeness (QED) is 0.705. The predicted octanol–water partition coefficient (Wildman–Crippen LogP) is -0.578. The molecule has 0 saturated carbocycles. The number of hydrogen-bond acceptors (Lipinski definition) is 5. The lowest BCUT2D eigenvalue weighted by molar-refractivity contribution is 0.0730. The van der Waals surface area contributed by atoms with Crippen LogP contribution < -0.4 is 5.32 Å². The van der Waals surface area contributed by atoms with Gasteiger partial charge >= 0.3 is 0 Å². The van der Waals surface area contributed by atoms with Crippen LogP contribution in [-0.4, -0.2) is 69.8 Å². The molecule has 22 heavy (non-hydrogen) atoms. The fourth-order valence-electron chi connectivity index (χ4n) is 2.19. The van der Waals surface area contributed by atoms with E-state index in [2.05, 4.69) is 5.32 Å². The average Bonchev–Trinajstić information content (AvgIpc) is 2.91. The van der Waals surface area contributed by atoms with Gasteiger partial charge in [0.1, 0.15) is 10.6 Å². The number of carbonyl (C=O) groups excluding carboxylic acids is 1. The van der Waals surface area contributed by atoms with Gasteiger partial charge in [0.2, 0.25) is 10.0 Å². The molecule has 0 spiro atoms. The van der Waals surface area contributed by atoms with Gasteiger partial charge in [0, 0.05) is 40.0 Å². The number of carbonyl (C=O) groups is 1. The highest BCUT2D eigenvalue weighted by Crippen LogP contribution is 2.19. The molecule has 0 radical (unpaired) electrons. The van der Waals surface area contributed by atoms with Gasteiger partial charge in [0.15, 0.2) is 0 Å². The minimum absolute atomic E-state index is 0.119. The Morgan fingerprint density at radius 2 is 2.09 bits per heavy atom. The lowest BCUT2D eigenvalue weighted by Crippen LogP contribution is -2.40. The minimum atomic E-state index is -3.59. The molecule has 0 unspecified atom stereocenters. The number of nitrogens with one attached hydrogen (secondary N) is 1. The fourth-order valence-corrected chi connectivity index (χ4v) is 3.67. The Labute approximate surface area is 130 Å². The summed E-state index contributed by atoms with van der Waals surface area (Å²) in [7, 11) is -0.409. The van der Waals surface area contributed by atoms with Crippen LogP contribution in [-0.2, 0) is 26.5 Å². The Morgan fingerprint density at radius 3 is 2.73 bits per heavy atom. The number of methoxy groups -OCH3 is 1. The lowest BCUT2D eigenvalue weighted by Gasteiger charge is -2.25. The van der Waals surface area contributed by atoms with E-state index in [-0.39, 0.29) is 10.8 Å². The maximum Gasteiger partial charge on any atom is 0.268 e. The highest BCUT2D eigenvalue weighted by Gasteiger charge is 2.28. The second-order valence-electron chi connectivity index (χ2n) is 4.94. The molecule has 1 saturated heterocycles. The maximum atomic E-state index is 12.5. The van der Waals surface area contributed by atoms with Gasteiger partial charge in [-0.3, -0.25) is 4.79 Å². The molecule has 2 heterocycles. The number of aromatic nitrogens is 1. The maximum absolute atomic E-state index is 12.5. The number of sulfonamides is 1. The fraction of sp³-hybridized carbons (Fsp3) is 0.615.